The molecule has 1 aromatic heterocycles. The number of terminal acetylenes is 1. The van der Waals surface area contributed by atoms with Crippen molar-refractivity contribution < 1.29 is 9.21 Å². The average Bonchev–Trinajstić information content (AvgIpc) is 2.84. The second-order valence-electron chi connectivity index (χ2n) is 5.15. The molecule has 0 saturated carbocycles. The zero-order valence-corrected chi connectivity index (χ0v) is 13.2. The molecule has 0 spiro atoms. The van der Waals surface area contributed by atoms with Crippen molar-refractivity contribution in [2.75, 3.05) is 26.7 Å². The third kappa shape index (κ3) is 3.87. The highest BCUT2D eigenvalue weighted by Gasteiger charge is 2.27. The summed E-state index contributed by atoms with van der Waals surface area (Å²) in [5.41, 5.74) is 0. The zero-order valence-electron chi connectivity index (χ0n) is 11.6. The predicted octanol–water partition coefficient (Wildman–Crippen LogP) is 2.35. The Labute approximate surface area is 128 Å². The van der Waals surface area contributed by atoms with Crippen LogP contribution in [0.25, 0.3) is 0 Å². The van der Waals surface area contributed by atoms with Crippen LogP contribution >= 0.6 is 15.9 Å². The molecular formula is C15H19BrN2O2. The topological polar surface area (TPSA) is 36.7 Å². The molecule has 0 unspecified atom stereocenters. The normalized spacial score (nSPS) is 16.9. The Morgan fingerprint density at radius 3 is 2.80 bits per heavy atom. The van der Waals surface area contributed by atoms with Gasteiger partial charge in [0.15, 0.2) is 4.67 Å². The summed E-state index contributed by atoms with van der Waals surface area (Å²) < 4.78 is 6.12. The van der Waals surface area contributed by atoms with Gasteiger partial charge in [0.2, 0.25) is 5.91 Å². The highest BCUT2D eigenvalue weighted by atomic mass is 79.9. The highest BCUT2D eigenvalue weighted by Crippen LogP contribution is 2.21. The summed E-state index contributed by atoms with van der Waals surface area (Å²) in [6.45, 7) is 2.99. The first kappa shape index (κ1) is 15.1. The minimum atomic E-state index is 0.104. The van der Waals surface area contributed by atoms with Crippen molar-refractivity contribution in [1.29, 1.82) is 0 Å². The fraction of sp³-hybridized carbons (Fsp3) is 0.533. The van der Waals surface area contributed by atoms with Crippen molar-refractivity contribution in [2.24, 2.45) is 5.92 Å². The SMILES string of the molecule is C#CCN1CCC(C(=O)N(C)Cc2ccc(Br)o2)CC1. The van der Waals surface area contributed by atoms with Gasteiger partial charge in [0.1, 0.15) is 5.76 Å². The first-order chi connectivity index (χ1) is 9.60. The fourth-order valence-electron chi connectivity index (χ4n) is 2.53. The number of rotatable bonds is 4. The number of piperidine rings is 1. The lowest BCUT2D eigenvalue weighted by Crippen LogP contribution is -2.41. The van der Waals surface area contributed by atoms with E-state index < -0.39 is 0 Å². The van der Waals surface area contributed by atoms with Gasteiger partial charge in [-0.1, -0.05) is 5.92 Å². The first-order valence-corrected chi connectivity index (χ1v) is 7.54. The van der Waals surface area contributed by atoms with Crippen molar-refractivity contribution in [3.8, 4) is 12.3 Å². The van der Waals surface area contributed by atoms with Gasteiger partial charge in [-0.2, -0.15) is 0 Å². The van der Waals surface area contributed by atoms with Crippen LogP contribution in [0.5, 0.6) is 0 Å². The van der Waals surface area contributed by atoms with E-state index in [0.29, 0.717) is 17.8 Å². The second-order valence-corrected chi connectivity index (χ2v) is 5.94. The summed E-state index contributed by atoms with van der Waals surface area (Å²) in [6, 6.07) is 3.72. The van der Waals surface area contributed by atoms with Gasteiger partial charge in [0.25, 0.3) is 0 Å². The number of carbonyl (C=O) groups is 1. The maximum absolute atomic E-state index is 12.4. The van der Waals surface area contributed by atoms with Gasteiger partial charge in [0, 0.05) is 13.0 Å². The Morgan fingerprint density at radius 2 is 2.25 bits per heavy atom. The summed E-state index contributed by atoms with van der Waals surface area (Å²) in [6.07, 6.45) is 7.07. The van der Waals surface area contributed by atoms with Crippen LogP contribution in [-0.2, 0) is 11.3 Å². The molecule has 1 fully saturated rings. The minimum Gasteiger partial charge on any atom is -0.452 e. The van der Waals surface area contributed by atoms with Crippen molar-refractivity contribution in [3.63, 3.8) is 0 Å². The molecule has 0 radical (unpaired) electrons. The van der Waals surface area contributed by atoms with E-state index in [-0.39, 0.29) is 11.8 Å². The molecule has 2 heterocycles. The van der Waals surface area contributed by atoms with Gasteiger partial charge in [-0.3, -0.25) is 9.69 Å². The van der Waals surface area contributed by atoms with Crippen LogP contribution in [0.15, 0.2) is 21.2 Å². The van der Waals surface area contributed by atoms with E-state index in [1.807, 2.05) is 19.2 Å². The molecule has 0 bridgehead atoms. The molecule has 0 atom stereocenters. The standard InChI is InChI=1S/C15H19BrN2O2/c1-3-8-18-9-6-12(7-10-18)15(19)17(2)11-13-4-5-14(16)20-13/h1,4-5,12H,6-11H2,2H3. The second kappa shape index (κ2) is 6.96. The monoisotopic (exact) mass is 338 g/mol. The molecule has 1 aliphatic rings. The number of hydrogen-bond acceptors (Lipinski definition) is 3. The predicted molar refractivity (Wildman–Crippen MR) is 80.9 cm³/mol. The number of halogens is 1. The van der Waals surface area contributed by atoms with Crippen molar-refractivity contribution in [3.05, 3.63) is 22.6 Å². The summed E-state index contributed by atoms with van der Waals surface area (Å²) in [7, 11) is 1.83. The summed E-state index contributed by atoms with van der Waals surface area (Å²) in [4.78, 5) is 16.3. The van der Waals surface area contributed by atoms with Crippen LogP contribution in [0.4, 0.5) is 0 Å². The summed E-state index contributed by atoms with van der Waals surface area (Å²) in [5, 5.41) is 0. The van der Waals surface area contributed by atoms with Gasteiger partial charge in [0.05, 0.1) is 13.1 Å². The Morgan fingerprint density at radius 1 is 1.55 bits per heavy atom. The molecule has 5 heteroatoms. The van der Waals surface area contributed by atoms with Gasteiger partial charge in [-0.15, -0.1) is 6.42 Å². The van der Waals surface area contributed by atoms with E-state index in [2.05, 4.69) is 26.8 Å². The Kier molecular flexibility index (Phi) is 5.27. The van der Waals surface area contributed by atoms with E-state index in [1.165, 1.54) is 0 Å². The smallest absolute Gasteiger partial charge is 0.225 e. The molecular weight excluding hydrogens is 320 g/mol. The van der Waals surface area contributed by atoms with Gasteiger partial charge < -0.3 is 9.32 Å². The van der Waals surface area contributed by atoms with Crippen LogP contribution < -0.4 is 0 Å². The lowest BCUT2D eigenvalue weighted by Gasteiger charge is -2.31. The van der Waals surface area contributed by atoms with Crippen LogP contribution in [0.3, 0.4) is 0 Å². The van der Waals surface area contributed by atoms with Gasteiger partial charge in [-0.05, 0) is 54.0 Å². The van der Waals surface area contributed by atoms with Crippen LogP contribution in [0, 0.1) is 18.3 Å². The summed E-state index contributed by atoms with van der Waals surface area (Å²) in [5.74, 6) is 3.74. The molecule has 0 aromatic carbocycles. The molecule has 0 aliphatic carbocycles. The van der Waals surface area contributed by atoms with E-state index in [9.17, 15) is 4.79 Å². The largest absolute Gasteiger partial charge is 0.452 e. The van der Waals surface area contributed by atoms with Crippen LogP contribution in [0.1, 0.15) is 18.6 Å². The zero-order chi connectivity index (χ0) is 14.5. The highest BCUT2D eigenvalue weighted by molar-refractivity contribution is 9.10. The Bertz CT molecular complexity index is 498. The number of amides is 1. The number of carbonyl (C=O) groups excluding carboxylic acids is 1. The van der Waals surface area contributed by atoms with Crippen molar-refractivity contribution in [2.45, 2.75) is 19.4 Å². The maximum atomic E-state index is 12.4. The summed E-state index contributed by atoms with van der Waals surface area (Å²) >= 11 is 3.27. The number of hydrogen-bond donors (Lipinski definition) is 0. The molecule has 0 N–H and O–H groups in total. The molecule has 1 aliphatic heterocycles. The number of likely N-dealkylation sites (tertiary alicyclic amines) is 1. The lowest BCUT2D eigenvalue weighted by atomic mass is 9.95. The van der Waals surface area contributed by atoms with Crippen molar-refractivity contribution >= 4 is 21.8 Å². The molecule has 1 aromatic rings. The molecule has 4 nitrogen and oxygen atoms in total. The lowest BCUT2D eigenvalue weighted by molar-refractivity contribution is -0.136. The van der Waals surface area contributed by atoms with Crippen LogP contribution in [0.2, 0.25) is 0 Å². The van der Waals surface area contributed by atoms with E-state index in [0.717, 1.165) is 31.7 Å². The van der Waals surface area contributed by atoms with Crippen LogP contribution in [-0.4, -0.2) is 42.4 Å². The van der Waals surface area contributed by atoms with E-state index in [1.54, 1.807) is 4.90 Å². The Balaban J connectivity index is 1.84. The van der Waals surface area contributed by atoms with E-state index in [4.69, 9.17) is 10.8 Å². The van der Waals surface area contributed by atoms with Gasteiger partial charge in [-0.25, -0.2) is 0 Å². The maximum Gasteiger partial charge on any atom is 0.225 e. The van der Waals surface area contributed by atoms with Gasteiger partial charge >= 0.3 is 0 Å². The minimum absolute atomic E-state index is 0.104. The molecule has 108 valence electrons. The Hall–Kier alpha value is -1.25. The average molecular weight is 339 g/mol. The quantitative estimate of drug-likeness (QED) is 0.790. The van der Waals surface area contributed by atoms with Crippen molar-refractivity contribution in [1.82, 2.24) is 9.80 Å². The number of nitrogens with zero attached hydrogens (tertiary/aromatic N) is 2. The number of furan rings is 1. The third-order valence-corrected chi connectivity index (χ3v) is 4.08. The molecule has 20 heavy (non-hydrogen) atoms. The fourth-order valence-corrected chi connectivity index (χ4v) is 2.87. The molecule has 1 amide bonds. The van der Waals surface area contributed by atoms with E-state index >= 15 is 0 Å². The molecule has 1 saturated heterocycles. The molecule has 2 rings (SSSR count). The first-order valence-electron chi connectivity index (χ1n) is 6.75. The third-order valence-electron chi connectivity index (χ3n) is 3.65.